The predicted octanol–water partition coefficient (Wildman–Crippen LogP) is 3.31. The zero-order valence-electron chi connectivity index (χ0n) is 11.0. The van der Waals surface area contributed by atoms with Crippen molar-refractivity contribution in [3.63, 3.8) is 0 Å². The first-order valence-electron chi connectivity index (χ1n) is 5.78. The Morgan fingerprint density at radius 1 is 0.950 bits per heavy atom. The van der Waals surface area contributed by atoms with Gasteiger partial charge in [0.15, 0.2) is 5.82 Å². The van der Waals surface area contributed by atoms with Gasteiger partial charge in [-0.15, -0.1) is 0 Å². The van der Waals surface area contributed by atoms with Crippen molar-refractivity contribution in [2.45, 2.75) is 0 Å². The van der Waals surface area contributed by atoms with Crippen molar-refractivity contribution in [2.75, 3.05) is 25.3 Å². The first-order chi connectivity index (χ1) is 9.53. The van der Waals surface area contributed by atoms with Crippen LogP contribution in [0.1, 0.15) is 0 Å². The summed E-state index contributed by atoms with van der Waals surface area (Å²) in [5.41, 5.74) is 6.09. The highest BCUT2D eigenvalue weighted by atomic mass is 19.1. The summed E-state index contributed by atoms with van der Waals surface area (Å²) in [5.74, 6) is -0.444. The molecule has 2 aromatic carbocycles. The molecule has 0 fully saturated rings. The van der Waals surface area contributed by atoms with Crippen LogP contribution in [0.4, 0.5) is 25.8 Å². The fourth-order valence-corrected chi connectivity index (χ4v) is 1.72. The maximum Gasteiger partial charge on any atom is 0.151 e. The van der Waals surface area contributed by atoms with Crippen LogP contribution in [0.25, 0.3) is 0 Å². The second kappa shape index (κ2) is 5.64. The van der Waals surface area contributed by atoms with E-state index in [0.29, 0.717) is 17.2 Å². The number of benzene rings is 2. The highest BCUT2D eigenvalue weighted by Crippen LogP contribution is 2.31. The summed E-state index contributed by atoms with van der Waals surface area (Å²) in [6.07, 6.45) is 0. The van der Waals surface area contributed by atoms with Crippen LogP contribution in [0.2, 0.25) is 0 Å². The molecule has 0 saturated heterocycles. The zero-order valence-corrected chi connectivity index (χ0v) is 11.0. The topological polar surface area (TPSA) is 56.5 Å². The molecule has 0 spiro atoms. The van der Waals surface area contributed by atoms with Gasteiger partial charge < -0.3 is 20.5 Å². The first-order valence-corrected chi connectivity index (χ1v) is 5.78. The Kier molecular flexibility index (Phi) is 3.93. The zero-order chi connectivity index (χ0) is 14.7. The Labute approximate surface area is 115 Å². The monoisotopic (exact) mass is 280 g/mol. The molecule has 0 heterocycles. The van der Waals surface area contributed by atoms with Gasteiger partial charge in [-0.25, -0.2) is 8.78 Å². The normalized spacial score (nSPS) is 10.2. The maximum atomic E-state index is 13.4. The van der Waals surface area contributed by atoms with Gasteiger partial charge in [-0.1, -0.05) is 0 Å². The summed E-state index contributed by atoms with van der Waals surface area (Å²) in [6.45, 7) is 0. The van der Waals surface area contributed by atoms with Crippen molar-refractivity contribution in [1.82, 2.24) is 0 Å². The van der Waals surface area contributed by atoms with Crippen molar-refractivity contribution in [2.24, 2.45) is 0 Å². The van der Waals surface area contributed by atoms with Crippen LogP contribution in [0.5, 0.6) is 11.5 Å². The van der Waals surface area contributed by atoms with Crippen molar-refractivity contribution < 1.29 is 18.3 Å². The number of ether oxygens (including phenoxy) is 2. The summed E-state index contributed by atoms with van der Waals surface area (Å²) >= 11 is 0. The van der Waals surface area contributed by atoms with Gasteiger partial charge in [0, 0.05) is 30.0 Å². The highest BCUT2D eigenvalue weighted by molar-refractivity contribution is 5.74. The average molecular weight is 280 g/mol. The molecule has 106 valence electrons. The molecule has 0 radical (unpaired) electrons. The van der Waals surface area contributed by atoms with E-state index in [0.717, 1.165) is 12.1 Å². The predicted molar refractivity (Wildman–Crippen MR) is 73.6 cm³/mol. The van der Waals surface area contributed by atoms with Gasteiger partial charge in [-0.3, -0.25) is 0 Å². The molecule has 3 N–H and O–H groups in total. The second-order valence-corrected chi connectivity index (χ2v) is 4.08. The number of methoxy groups -OCH3 is 2. The molecular formula is C14H14F2N2O2. The number of hydrogen-bond donors (Lipinski definition) is 2. The molecule has 4 nitrogen and oxygen atoms in total. The van der Waals surface area contributed by atoms with Gasteiger partial charge in [-0.05, 0) is 6.07 Å². The Bertz CT molecular complexity index is 611. The lowest BCUT2D eigenvalue weighted by Crippen LogP contribution is -2.01. The van der Waals surface area contributed by atoms with Gasteiger partial charge >= 0.3 is 0 Å². The number of rotatable bonds is 4. The van der Waals surface area contributed by atoms with Crippen LogP contribution < -0.4 is 20.5 Å². The largest absolute Gasteiger partial charge is 0.497 e. The molecule has 20 heavy (non-hydrogen) atoms. The van der Waals surface area contributed by atoms with Crippen molar-refractivity contribution >= 4 is 17.1 Å². The molecule has 0 aliphatic carbocycles. The number of halogens is 2. The molecule has 0 saturated carbocycles. The minimum absolute atomic E-state index is 0.137. The Balaban J connectivity index is 2.39. The number of anilines is 3. The number of hydrogen-bond acceptors (Lipinski definition) is 4. The number of nitrogens with two attached hydrogens (primary N) is 1. The van der Waals surface area contributed by atoms with Crippen molar-refractivity contribution in [1.29, 1.82) is 0 Å². The summed E-state index contributed by atoms with van der Waals surface area (Å²) in [7, 11) is 3.02. The summed E-state index contributed by atoms with van der Waals surface area (Å²) < 4.78 is 36.8. The third kappa shape index (κ3) is 2.90. The lowest BCUT2D eigenvalue weighted by atomic mass is 10.2. The molecule has 0 aromatic heterocycles. The summed E-state index contributed by atoms with van der Waals surface area (Å²) in [4.78, 5) is 0. The molecule has 2 aromatic rings. The average Bonchev–Trinajstić information content (AvgIpc) is 2.43. The molecule has 0 unspecified atom stereocenters. The number of nitrogens with one attached hydrogen (secondary N) is 1. The van der Waals surface area contributed by atoms with E-state index in [1.807, 2.05) is 0 Å². The fraction of sp³-hybridized carbons (Fsp3) is 0.143. The van der Waals surface area contributed by atoms with E-state index in [-0.39, 0.29) is 11.4 Å². The van der Waals surface area contributed by atoms with E-state index in [2.05, 4.69) is 5.32 Å². The van der Waals surface area contributed by atoms with E-state index in [1.165, 1.54) is 14.2 Å². The third-order valence-electron chi connectivity index (χ3n) is 2.72. The fourth-order valence-electron chi connectivity index (χ4n) is 1.72. The Hall–Kier alpha value is -2.50. The standard InChI is InChI=1S/C14H14F2N2O2/c1-19-10-5-9(6-11(7-10)20-2)18-13-4-8(15)3-12(16)14(13)17/h3-7,18H,17H2,1-2H3. The van der Waals surface area contributed by atoms with Crippen LogP contribution in [-0.2, 0) is 0 Å². The molecular weight excluding hydrogens is 266 g/mol. The molecule has 2 rings (SSSR count). The SMILES string of the molecule is COc1cc(Nc2cc(F)cc(F)c2N)cc(OC)c1. The highest BCUT2D eigenvalue weighted by Gasteiger charge is 2.09. The van der Waals surface area contributed by atoms with Gasteiger partial charge in [0.1, 0.15) is 17.3 Å². The minimum Gasteiger partial charge on any atom is -0.497 e. The third-order valence-corrected chi connectivity index (χ3v) is 2.72. The summed E-state index contributed by atoms with van der Waals surface area (Å²) in [6, 6.07) is 6.84. The van der Waals surface area contributed by atoms with Crippen LogP contribution in [0.3, 0.4) is 0 Å². The van der Waals surface area contributed by atoms with Crippen LogP contribution >= 0.6 is 0 Å². The van der Waals surface area contributed by atoms with Crippen molar-refractivity contribution in [3.05, 3.63) is 42.0 Å². The van der Waals surface area contributed by atoms with Gasteiger partial charge in [-0.2, -0.15) is 0 Å². The minimum atomic E-state index is -0.817. The quantitative estimate of drug-likeness (QED) is 0.844. The Morgan fingerprint density at radius 3 is 2.10 bits per heavy atom. The smallest absolute Gasteiger partial charge is 0.151 e. The van der Waals surface area contributed by atoms with Crippen LogP contribution in [0.15, 0.2) is 30.3 Å². The first kappa shape index (κ1) is 13.9. The second-order valence-electron chi connectivity index (χ2n) is 4.08. The molecule has 0 aliphatic rings. The van der Waals surface area contributed by atoms with E-state index in [4.69, 9.17) is 15.2 Å². The molecule has 0 aliphatic heterocycles. The van der Waals surface area contributed by atoms with E-state index >= 15 is 0 Å². The number of nitrogen functional groups attached to an aromatic ring is 1. The van der Waals surface area contributed by atoms with E-state index < -0.39 is 11.6 Å². The van der Waals surface area contributed by atoms with Gasteiger partial charge in [0.25, 0.3) is 0 Å². The molecule has 6 heteroatoms. The molecule has 0 amide bonds. The lowest BCUT2D eigenvalue weighted by Gasteiger charge is -2.13. The van der Waals surface area contributed by atoms with Gasteiger partial charge in [0.05, 0.1) is 25.6 Å². The van der Waals surface area contributed by atoms with Crippen LogP contribution in [-0.4, -0.2) is 14.2 Å². The lowest BCUT2D eigenvalue weighted by molar-refractivity contribution is 0.395. The van der Waals surface area contributed by atoms with E-state index in [9.17, 15) is 8.78 Å². The summed E-state index contributed by atoms with van der Waals surface area (Å²) in [5, 5.41) is 2.84. The van der Waals surface area contributed by atoms with E-state index in [1.54, 1.807) is 18.2 Å². The Morgan fingerprint density at radius 2 is 1.55 bits per heavy atom. The maximum absolute atomic E-state index is 13.4. The van der Waals surface area contributed by atoms with Gasteiger partial charge in [0.2, 0.25) is 0 Å². The molecule has 0 bridgehead atoms. The molecule has 0 atom stereocenters. The van der Waals surface area contributed by atoms with Crippen LogP contribution in [0, 0.1) is 11.6 Å². The van der Waals surface area contributed by atoms with Crippen molar-refractivity contribution in [3.8, 4) is 11.5 Å².